The lowest BCUT2D eigenvalue weighted by Gasteiger charge is -2.21. The monoisotopic (exact) mass is 456 g/mol. The van der Waals surface area contributed by atoms with Crippen LogP contribution in [0.3, 0.4) is 0 Å². The van der Waals surface area contributed by atoms with E-state index in [9.17, 15) is 13.2 Å². The van der Waals surface area contributed by atoms with Crippen molar-refractivity contribution >= 4 is 27.5 Å². The SMILES string of the molecule is CCN(CC(=O)NCc1c(OC)cccc1OC)S(=O)(=O)c1ccc(OC)c(Cl)c1. The molecule has 0 unspecified atom stereocenters. The molecule has 0 fully saturated rings. The summed E-state index contributed by atoms with van der Waals surface area (Å²) in [5.74, 6) is 1.01. The van der Waals surface area contributed by atoms with E-state index in [0.29, 0.717) is 22.8 Å². The van der Waals surface area contributed by atoms with Crippen LogP contribution >= 0.6 is 11.6 Å². The van der Waals surface area contributed by atoms with E-state index in [-0.39, 0.29) is 29.6 Å². The van der Waals surface area contributed by atoms with Crippen molar-refractivity contribution in [1.29, 1.82) is 0 Å². The largest absolute Gasteiger partial charge is 0.496 e. The first-order valence-corrected chi connectivity index (χ1v) is 10.9. The maximum absolute atomic E-state index is 12.9. The van der Waals surface area contributed by atoms with Crippen molar-refractivity contribution in [2.75, 3.05) is 34.4 Å². The summed E-state index contributed by atoms with van der Waals surface area (Å²) in [7, 11) is 0.559. The average molecular weight is 457 g/mol. The molecular weight excluding hydrogens is 432 g/mol. The molecule has 0 radical (unpaired) electrons. The second-order valence-electron chi connectivity index (χ2n) is 6.15. The number of carbonyl (C=O) groups is 1. The Morgan fingerprint density at radius 3 is 2.13 bits per heavy atom. The van der Waals surface area contributed by atoms with Crippen LogP contribution in [0.2, 0.25) is 5.02 Å². The van der Waals surface area contributed by atoms with Crippen LogP contribution in [0.1, 0.15) is 12.5 Å². The third-order valence-corrected chi connectivity index (χ3v) is 6.64. The lowest BCUT2D eigenvalue weighted by Crippen LogP contribution is -2.40. The van der Waals surface area contributed by atoms with Crippen LogP contribution in [0.5, 0.6) is 17.2 Å². The smallest absolute Gasteiger partial charge is 0.243 e. The first kappa shape index (κ1) is 23.8. The summed E-state index contributed by atoms with van der Waals surface area (Å²) in [4.78, 5) is 12.5. The fourth-order valence-corrected chi connectivity index (χ4v) is 4.58. The van der Waals surface area contributed by atoms with Crippen LogP contribution < -0.4 is 19.5 Å². The van der Waals surface area contributed by atoms with Gasteiger partial charge in [0.25, 0.3) is 0 Å². The zero-order chi connectivity index (χ0) is 22.3. The zero-order valence-electron chi connectivity index (χ0n) is 17.3. The van der Waals surface area contributed by atoms with Crippen molar-refractivity contribution in [2.24, 2.45) is 0 Å². The molecule has 0 saturated carbocycles. The van der Waals surface area contributed by atoms with Gasteiger partial charge in [-0.15, -0.1) is 0 Å². The average Bonchev–Trinajstić information content (AvgIpc) is 2.75. The van der Waals surface area contributed by atoms with Crippen molar-refractivity contribution in [3.8, 4) is 17.2 Å². The summed E-state index contributed by atoms with van der Waals surface area (Å²) in [6, 6.07) is 9.43. The molecule has 0 aliphatic carbocycles. The first-order chi connectivity index (χ1) is 14.3. The van der Waals surface area contributed by atoms with Gasteiger partial charge >= 0.3 is 0 Å². The molecule has 0 aromatic heterocycles. The molecular formula is C20H25ClN2O6S. The quantitative estimate of drug-likeness (QED) is 0.590. The number of rotatable bonds is 10. The van der Waals surface area contributed by atoms with Gasteiger partial charge in [-0.25, -0.2) is 8.42 Å². The highest BCUT2D eigenvalue weighted by molar-refractivity contribution is 7.89. The number of sulfonamides is 1. The van der Waals surface area contributed by atoms with Gasteiger partial charge in [0.15, 0.2) is 0 Å². The van der Waals surface area contributed by atoms with E-state index in [0.717, 1.165) is 4.31 Å². The fraction of sp³-hybridized carbons (Fsp3) is 0.350. The zero-order valence-corrected chi connectivity index (χ0v) is 18.8. The highest BCUT2D eigenvalue weighted by Gasteiger charge is 2.26. The molecule has 2 rings (SSSR count). The van der Waals surface area contributed by atoms with Crippen molar-refractivity contribution in [3.63, 3.8) is 0 Å². The molecule has 0 atom stereocenters. The molecule has 0 saturated heterocycles. The van der Waals surface area contributed by atoms with Crippen LogP contribution in [0.15, 0.2) is 41.3 Å². The van der Waals surface area contributed by atoms with Crippen LogP contribution in [0.25, 0.3) is 0 Å². The van der Waals surface area contributed by atoms with E-state index in [4.69, 9.17) is 25.8 Å². The molecule has 30 heavy (non-hydrogen) atoms. The van der Waals surface area contributed by atoms with Gasteiger partial charge in [-0.1, -0.05) is 24.6 Å². The number of benzene rings is 2. The number of nitrogens with zero attached hydrogens (tertiary/aromatic N) is 1. The Balaban J connectivity index is 2.14. The van der Waals surface area contributed by atoms with Crippen LogP contribution in [0, 0.1) is 0 Å². The number of hydrogen-bond acceptors (Lipinski definition) is 6. The van der Waals surface area contributed by atoms with Crippen molar-refractivity contribution < 1.29 is 27.4 Å². The Kier molecular flexibility index (Phi) is 8.33. The number of carbonyl (C=O) groups excluding carboxylic acids is 1. The van der Waals surface area contributed by atoms with Crippen LogP contribution in [-0.2, 0) is 21.4 Å². The van der Waals surface area contributed by atoms with Gasteiger partial charge in [-0.05, 0) is 30.3 Å². The maximum Gasteiger partial charge on any atom is 0.243 e. The van der Waals surface area contributed by atoms with E-state index >= 15 is 0 Å². The molecule has 0 bridgehead atoms. The van der Waals surface area contributed by atoms with Crippen molar-refractivity contribution in [3.05, 3.63) is 47.0 Å². The standard InChI is InChI=1S/C20H25ClN2O6S/c1-5-23(30(25,26)14-9-10-19(29-4)16(21)11-14)13-20(24)22-12-15-17(27-2)7-6-8-18(15)28-3/h6-11H,5,12-13H2,1-4H3,(H,22,24). The van der Waals surface area contributed by atoms with Gasteiger partial charge in [-0.3, -0.25) is 4.79 Å². The number of nitrogens with one attached hydrogen (secondary N) is 1. The van der Waals surface area contributed by atoms with Gasteiger partial charge in [0.1, 0.15) is 17.2 Å². The summed E-state index contributed by atoms with van der Waals surface area (Å²) in [5.41, 5.74) is 0.656. The number of hydrogen-bond donors (Lipinski definition) is 1. The van der Waals surface area contributed by atoms with E-state index in [1.165, 1.54) is 39.5 Å². The molecule has 0 spiro atoms. The van der Waals surface area contributed by atoms with Gasteiger partial charge < -0.3 is 19.5 Å². The van der Waals surface area contributed by atoms with Gasteiger partial charge in [0.05, 0.1) is 49.9 Å². The Hall–Kier alpha value is -2.49. The third kappa shape index (κ3) is 5.35. The number of methoxy groups -OCH3 is 3. The minimum Gasteiger partial charge on any atom is -0.496 e. The molecule has 1 N–H and O–H groups in total. The minimum absolute atomic E-state index is 0.0191. The van der Waals surface area contributed by atoms with E-state index < -0.39 is 15.9 Å². The fourth-order valence-electron chi connectivity index (χ4n) is 2.83. The van der Waals surface area contributed by atoms with E-state index in [1.54, 1.807) is 25.1 Å². The third-order valence-electron chi connectivity index (χ3n) is 4.43. The number of halogens is 1. The predicted octanol–water partition coefficient (Wildman–Crippen LogP) is 2.69. The highest BCUT2D eigenvalue weighted by atomic mass is 35.5. The Labute approximate surface area is 181 Å². The molecule has 2 aromatic rings. The van der Waals surface area contributed by atoms with Crippen molar-refractivity contribution in [2.45, 2.75) is 18.4 Å². The maximum atomic E-state index is 12.9. The van der Waals surface area contributed by atoms with Crippen LogP contribution in [0.4, 0.5) is 0 Å². The lowest BCUT2D eigenvalue weighted by atomic mass is 10.1. The Morgan fingerprint density at radius 1 is 1.03 bits per heavy atom. The van der Waals surface area contributed by atoms with Gasteiger partial charge in [0.2, 0.25) is 15.9 Å². The van der Waals surface area contributed by atoms with Crippen LogP contribution in [-0.4, -0.2) is 53.0 Å². The highest BCUT2D eigenvalue weighted by Crippen LogP contribution is 2.29. The summed E-state index contributed by atoms with van der Waals surface area (Å²) in [6.45, 7) is 1.54. The molecule has 0 aliphatic heterocycles. The van der Waals surface area contributed by atoms with Crippen molar-refractivity contribution in [1.82, 2.24) is 9.62 Å². The molecule has 0 heterocycles. The first-order valence-electron chi connectivity index (χ1n) is 9.08. The Morgan fingerprint density at radius 2 is 1.63 bits per heavy atom. The second-order valence-corrected chi connectivity index (χ2v) is 8.49. The molecule has 1 amide bonds. The molecule has 2 aromatic carbocycles. The van der Waals surface area contributed by atoms with Gasteiger partial charge in [-0.2, -0.15) is 4.31 Å². The number of amides is 1. The Bertz CT molecular complexity index is 975. The minimum atomic E-state index is -3.92. The molecule has 164 valence electrons. The lowest BCUT2D eigenvalue weighted by molar-refractivity contribution is -0.121. The molecule has 0 aliphatic rings. The predicted molar refractivity (Wildman–Crippen MR) is 114 cm³/mol. The molecule has 10 heteroatoms. The number of ether oxygens (including phenoxy) is 3. The van der Waals surface area contributed by atoms with E-state index in [1.807, 2.05) is 0 Å². The summed E-state index contributed by atoms with van der Waals surface area (Å²) in [6.07, 6.45) is 0. The summed E-state index contributed by atoms with van der Waals surface area (Å²) in [5, 5.41) is 2.88. The molecule has 8 nitrogen and oxygen atoms in total. The summed E-state index contributed by atoms with van der Waals surface area (Å²) >= 11 is 6.05. The normalized spacial score (nSPS) is 11.3. The second kappa shape index (κ2) is 10.5. The number of likely N-dealkylation sites (N-methyl/N-ethyl adjacent to an activating group) is 1. The summed E-state index contributed by atoms with van der Waals surface area (Å²) < 4.78 is 42.6. The van der Waals surface area contributed by atoms with E-state index in [2.05, 4.69) is 5.32 Å². The van der Waals surface area contributed by atoms with Gasteiger partial charge in [0, 0.05) is 6.54 Å². The topological polar surface area (TPSA) is 94.2 Å².